The number of thiophene rings is 1. The van der Waals surface area contributed by atoms with Gasteiger partial charge >= 0.3 is 0 Å². The van der Waals surface area contributed by atoms with Crippen molar-refractivity contribution >= 4 is 27.1 Å². The first kappa shape index (κ1) is 11.6. The third-order valence-electron chi connectivity index (χ3n) is 2.60. The lowest BCUT2D eigenvalue weighted by molar-refractivity contribution is -0.130. The highest BCUT2D eigenvalue weighted by atomic mass is 32.2. The lowest BCUT2D eigenvalue weighted by Gasteiger charge is -2.26. The maximum Gasteiger partial charge on any atom is 0.227 e. The van der Waals surface area contributed by atoms with Gasteiger partial charge in [-0.05, 0) is 11.4 Å². The average molecular weight is 259 g/mol. The number of amides is 1. The van der Waals surface area contributed by atoms with Crippen molar-refractivity contribution in [3.8, 4) is 0 Å². The van der Waals surface area contributed by atoms with Gasteiger partial charge in [0.25, 0.3) is 0 Å². The van der Waals surface area contributed by atoms with Gasteiger partial charge in [0, 0.05) is 18.0 Å². The molecular formula is C10H13NO3S2. The molecule has 1 aliphatic rings. The molecule has 0 bridgehead atoms. The molecule has 0 saturated carbocycles. The van der Waals surface area contributed by atoms with Crippen molar-refractivity contribution in [2.24, 2.45) is 0 Å². The van der Waals surface area contributed by atoms with E-state index in [2.05, 4.69) is 0 Å². The monoisotopic (exact) mass is 259 g/mol. The maximum atomic E-state index is 11.8. The maximum absolute atomic E-state index is 11.8. The Balaban J connectivity index is 1.92. The van der Waals surface area contributed by atoms with Crippen molar-refractivity contribution in [1.82, 2.24) is 4.90 Å². The molecule has 88 valence electrons. The van der Waals surface area contributed by atoms with Gasteiger partial charge < -0.3 is 4.90 Å². The van der Waals surface area contributed by atoms with Gasteiger partial charge in [0.15, 0.2) is 9.84 Å². The second-order valence-electron chi connectivity index (χ2n) is 3.79. The zero-order valence-electron chi connectivity index (χ0n) is 8.76. The molecule has 1 aromatic heterocycles. The molecule has 6 heteroatoms. The first-order chi connectivity index (χ1) is 7.57. The Morgan fingerprint density at radius 2 is 2.06 bits per heavy atom. The van der Waals surface area contributed by atoms with Crippen molar-refractivity contribution in [3.05, 3.63) is 22.4 Å². The normalized spacial score (nSPS) is 19.6. The van der Waals surface area contributed by atoms with Crippen LogP contribution in [0.15, 0.2) is 17.5 Å². The predicted molar refractivity (Wildman–Crippen MR) is 63.3 cm³/mol. The molecule has 1 fully saturated rings. The van der Waals surface area contributed by atoms with E-state index in [-0.39, 0.29) is 17.4 Å². The molecule has 16 heavy (non-hydrogen) atoms. The standard InChI is InChI=1S/C10H13NO3S2/c12-10(8-9-2-1-5-15-9)11-3-6-16(13,14)7-4-11/h1-2,5H,3-4,6-8H2. The Kier molecular flexibility index (Phi) is 3.30. The first-order valence-corrected chi connectivity index (χ1v) is 7.77. The number of sulfone groups is 1. The Morgan fingerprint density at radius 1 is 1.38 bits per heavy atom. The summed E-state index contributed by atoms with van der Waals surface area (Å²) in [6.45, 7) is 0.680. The molecule has 1 aliphatic heterocycles. The number of carbonyl (C=O) groups is 1. The Labute approximate surface area is 98.8 Å². The molecule has 4 nitrogen and oxygen atoms in total. The molecule has 2 heterocycles. The number of hydrogen-bond acceptors (Lipinski definition) is 4. The number of carbonyl (C=O) groups excluding carboxylic acids is 1. The lowest BCUT2D eigenvalue weighted by Crippen LogP contribution is -2.44. The molecule has 2 rings (SSSR count). The van der Waals surface area contributed by atoms with E-state index < -0.39 is 9.84 Å². The molecule has 0 aromatic carbocycles. The number of hydrogen-bond donors (Lipinski definition) is 0. The van der Waals surface area contributed by atoms with E-state index in [1.807, 2.05) is 17.5 Å². The second kappa shape index (κ2) is 4.55. The Hall–Kier alpha value is -0.880. The summed E-state index contributed by atoms with van der Waals surface area (Å²) in [4.78, 5) is 14.5. The van der Waals surface area contributed by atoms with Crippen LogP contribution >= 0.6 is 11.3 Å². The van der Waals surface area contributed by atoms with Crippen LogP contribution in [0.5, 0.6) is 0 Å². The zero-order chi connectivity index (χ0) is 11.6. The molecule has 0 radical (unpaired) electrons. The van der Waals surface area contributed by atoms with E-state index in [1.165, 1.54) is 0 Å². The molecule has 1 aromatic rings. The van der Waals surface area contributed by atoms with Crippen LogP contribution in [0, 0.1) is 0 Å². The van der Waals surface area contributed by atoms with E-state index in [9.17, 15) is 13.2 Å². The van der Waals surface area contributed by atoms with Crippen LogP contribution in [0.4, 0.5) is 0 Å². The quantitative estimate of drug-likeness (QED) is 0.779. The Bertz CT molecular complexity index is 450. The van der Waals surface area contributed by atoms with Crippen LogP contribution in [0.2, 0.25) is 0 Å². The summed E-state index contributed by atoms with van der Waals surface area (Å²) < 4.78 is 22.4. The minimum absolute atomic E-state index is 0.0253. The van der Waals surface area contributed by atoms with Crippen LogP contribution in [0.1, 0.15) is 4.88 Å². The van der Waals surface area contributed by atoms with Crippen molar-refractivity contribution in [3.63, 3.8) is 0 Å². The van der Waals surface area contributed by atoms with E-state index in [4.69, 9.17) is 0 Å². The summed E-state index contributed by atoms with van der Waals surface area (Å²) in [7, 11) is -2.90. The SMILES string of the molecule is O=C(Cc1cccs1)N1CCS(=O)(=O)CC1. The first-order valence-electron chi connectivity index (χ1n) is 5.07. The topological polar surface area (TPSA) is 54.5 Å². The highest BCUT2D eigenvalue weighted by molar-refractivity contribution is 7.91. The fraction of sp³-hybridized carbons (Fsp3) is 0.500. The van der Waals surface area contributed by atoms with Gasteiger partial charge in [0.05, 0.1) is 17.9 Å². The lowest BCUT2D eigenvalue weighted by atomic mass is 10.3. The van der Waals surface area contributed by atoms with Gasteiger partial charge in [-0.25, -0.2) is 8.42 Å². The number of nitrogens with zero attached hydrogens (tertiary/aromatic N) is 1. The predicted octanol–water partition coefficient (Wildman–Crippen LogP) is 0.548. The van der Waals surface area contributed by atoms with Crippen molar-refractivity contribution in [1.29, 1.82) is 0 Å². The summed E-state index contributed by atoms with van der Waals surface area (Å²) in [5.41, 5.74) is 0. The second-order valence-corrected chi connectivity index (χ2v) is 7.12. The molecule has 0 spiro atoms. The van der Waals surface area contributed by atoms with E-state index in [0.717, 1.165) is 4.88 Å². The van der Waals surface area contributed by atoms with Gasteiger partial charge in [-0.1, -0.05) is 6.07 Å². The summed E-state index contributed by atoms with van der Waals surface area (Å²) in [6, 6.07) is 3.83. The van der Waals surface area contributed by atoms with Crippen LogP contribution in [0.25, 0.3) is 0 Å². The largest absolute Gasteiger partial charge is 0.340 e. The molecule has 0 atom stereocenters. The fourth-order valence-electron chi connectivity index (χ4n) is 1.64. The average Bonchev–Trinajstić information content (AvgIpc) is 2.70. The van der Waals surface area contributed by atoms with Gasteiger partial charge in [0.2, 0.25) is 5.91 Å². The van der Waals surface area contributed by atoms with Crippen LogP contribution in [0.3, 0.4) is 0 Å². The molecular weight excluding hydrogens is 246 g/mol. The molecule has 0 unspecified atom stereocenters. The molecule has 0 N–H and O–H groups in total. The van der Waals surface area contributed by atoms with Crippen LogP contribution in [-0.2, 0) is 21.1 Å². The van der Waals surface area contributed by atoms with Crippen molar-refractivity contribution in [2.45, 2.75) is 6.42 Å². The molecule has 1 saturated heterocycles. The van der Waals surface area contributed by atoms with E-state index in [1.54, 1.807) is 16.2 Å². The van der Waals surface area contributed by atoms with Crippen LogP contribution in [-0.4, -0.2) is 43.8 Å². The highest BCUT2D eigenvalue weighted by Gasteiger charge is 2.24. The third-order valence-corrected chi connectivity index (χ3v) is 5.09. The zero-order valence-corrected chi connectivity index (χ0v) is 10.4. The van der Waals surface area contributed by atoms with Gasteiger partial charge in [-0.2, -0.15) is 0 Å². The van der Waals surface area contributed by atoms with Crippen LogP contribution < -0.4 is 0 Å². The summed E-state index contributed by atoms with van der Waals surface area (Å²) in [6.07, 6.45) is 0.387. The minimum Gasteiger partial charge on any atom is -0.340 e. The summed E-state index contributed by atoms with van der Waals surface area (Å²) in [5.74, 6) is 0.226. The highest BCUT2D eigenvalue weighted by Crippen LogP contribution is 2.12. The fourth-order valence-corrected chi connectivity index (χ4v) is 3.53. The van der Waals surface area contributed by atoms with E-state index >= 15 is 0 Å². The summed E-state index contributed by atoms with van der Waals surface area (Å²) >= 11 is 1.55. The van der Waals surface area contributed by atoms with Gasteiger partial charge in [-0.15, -0.1) is 11.3 Å². The third kappa shape index (κ3) is 2.82. The molecule has 0 aliphatic carbocycles. The van der Waals surface area contributed by atoms with Crippen molar-refractivity contribution in [2.75, 3.05) is 24.6 Å². The minimum atomic E-state index is -2.90. The summed E-state index contributed by atoms with van der Waals surface area (Å²) in [5, 5.41) is 1.93. The van der Waals surface area contributed by atoms with Gasteiger partial charge in [-0.3, -0.25) is 4.79 Å². The van der Waals surface area contributed by atoms with Gasteiger partial charge in [0.1, 0.15) is 0 Å². The molecule has 1 amide bonds. The van der Waals surface area contributed by atoms with Crippen molar-refractivity contribution < 1.29 is 13.2 Å². The smallest absolute Gasteiger partial charge is 0.227 e. The number of rotatable bonds is 2. The van der Waals surface area contributed by atoms with E-state index in [0.29, 0.717) is 19.5 Å². The Morgan fingerprint density at radius 3 is 2.62 bits per heavy atom.